The smallest absolute Gasteiger partial charge is 0.227 e. The Hall–Kier alpha value is -0.240. The minimum Gasteiger partial charge on any atom is -0.343 e. The molecule has 4 aliphatic rings. The number of nitrogens with one attached hydrogen (secondary N) is 1. The average Bonchev–Trinajstić information content (AvgIpc) is 3.00. The number of ether oxygens (including phenoxy) is 1. The average molecular weight is 450 g/mol. The van der Waals surface area contributed by atoms with Crippen LogP contribution in [0.25, 0.3) is 0 Å². The van der Waals surface area contributed by atoms with Crippen LogP contribution >= 0.6 is 0 Å². The van der Waals surface area contributed by atoms with Crippen molar-refractivity contribution in [3.8, 4) is 0 Å². The molecule has 6 nitrogen and oxygen atoms in total. The van der Waals surface area contributed by atoms with Crippen LogP contribution in [0.4, 0.5) is 0 Å². The van der Waals surface area contributed by atoms with Gasteiger partial charge < -0.3 is 4.74 Å². The van der Waals surface area contributed by atoms with E-state index < -0.39 is 11.6 Å². The molecule has 2 unspecified atom stereocenters. The Morgan fingerprint density at radius 1 is 0.500 bits per heavy atom. The summed E-state index contributed by atoms with van der Waals surface area (Å²) in [5.41, 5.74) is 7.74. The van der Waals surface area contributed by atoms with Gasteiger partial charge in [-0.2, -0.15) is 0 Å². The highest BCUT2D eigenvalue weighted by Crippen LogP contribution is 2.38. The fourth-order valence-electron chi connectivity index (χ4n) is 6.65. The molecule has 0 bridgehead atoms. The van der Waals surface area contributed by atoms with Gasteiger partial charge in [0.2, 0.25) is 5.85 Å². The summed E-state index contributed by atoms with van der Waals surface area (Å²) in [5.74, 6) is -1.26. The first kappa shape index (κ1) is 24.9. The predicted octanol–water partition coefficient (Wildman–Crippen LogP) is 4.06. The van der Waals surface area contributed by atoms with Crippen molar-refractivity contribution in [2.45, 2.75) is 114 Å². The lowest BCUT2D eigenvalue weighted by molar-refractivity contribution is -0.321. The van der Waals surface area contributed by atoms with E-state index in [-0.39, 0.29) is 0 Å². The number of nitrogens with two attached hydrogens (primary N) is 1. The number of fused-ring (bicyclic) bond motifs is 1. The maximum Gasteiger partial charge on any atom is 0.227 e. The lowest BCUT2D eigenvalue weighted by Gasteiger charge is -2.61. The van der Waals surface area contributed by atoms with E-state index in [1.54, 1.807) is 0 Å². The number of rotatable bonds is 0. The van der Waals surface area contributed by atoms with Crippen molar-refractivity contribution < 1.29 is 4.74 Å². The van der Waals surface area contributed by atoms with Gasteiger partial charge in [0, 0.05) is 39.3 Å². The van der Waals surface area contributed by atoms with E-state index in [0.29, 0.717) is 0 Å². The summed E-state index contributed by atoms with van der Waals surface area (Å²) in [6.45, 7) is 8.37. The fraction of sp³-hybridized carbons (Fsp3) is 1.00. The zero-order valence-corrected chi connectivity index (χ0v) is 20.8. The van der Waals surface area contributed by atoms with E-state index in [1.807, 2.05) is 0 Å². The van der Waals surface area contributed by atoms with E-state index >= 15 is 0 Å². The maximum absolute atomic E-state index is 7.74. The molecule has 4 fully saturated rings. The Kier molecular flexibility index (Phi) is 9.68. The van der Waals surface area contributed by atoms with Gasteiger partial charge in [0.25, 0.3) is 0 Å². The van der Waals surface area contributed by atoms with Gasteiger partial charge in [-0.3, -0.25) is 25.8 Å². The first-order valence-electron chi connectivity index (χ1n) is 14.2. The molecule has 0 aromatic heterocycles. The second-order valence-corrected chi connectivity index (χ2v) is 10.8. The van der Waals surface area contributed by atoms with Crippen LogP contribution in [0.15, 0.2) is 0 Å². The second kappa shape index (κ2) is 12.5. The third-order valence-corrected chi connectivity index (χ3v) is 8.44. The molecule has 0 aromatic rings. The zero-order chi connectivity index (χ0) is 22.1. The van der Waals surface area contributed by atoms with Gasteiger partial charge in [-0.25, -0.2) is 0 Å². The van der Waals surface area contributed by atoms with Crippen LogP contribution in [0, 0.1) is 0 Å². The molecule has 0 saturated carbocycles. The molecule has 4 heterocycles. The highest BCUT2D eigenvalue weighted by Gasteiger charge is 2.60. The first-order valence-corrected chi connectivity index (χ1v) is 14.2. The molecule has 0 aromatic carbocycles. The van der Waals surface area contributed by atoms with Crippen LogP contribution in [0.2, 0.25) is 0 Å². The minimum absolute atomic E-state index is 0.580. The van der Waals surface area contributed by atoms with E-state index in [2.05, 4.69) is 20.0 Å². The van der Waals surface area contributed by atoms with Crippen molar-refractivity contribution in [1.29, 1.82) is 0 Å². The van der Waals surface area contributed by atoms with Crippen LogP contribution < -0.4 is 11.1 Å². The van der Waals surface area contributed by atoms with Crippen LogP contribution in [0.5, 0.6) is 0 Å². The highest BCUT2D eigenvalue weighted by molar-refractivity contribution is 5.04. The molecule has 186 valence electrons. The predicted molar refractivity (Wildman–Crippen MR) is 132 cm³/mol. The minimum atomic E-state index is -0.677. The SMILES string of the molecule is NC12NCCCCCCN1CCCCCCN1CCCCCCN3CCCCCCOC312. The van der Waals surface area contributed by atoms with Crippen LogP contribution in [-0.4, -0.2) is 78.8 Å². The Labute approximate surface area is 197 Å². The summed E-state index contributed by atoms with van der Waals surface area (Å²) < 4.78 is 7.21. The molecular weight excluding hydrogens is 398 g/mol. The van der Waals surface area contributed by atoms with Gasteiger partial charge >= 0.3 is 0 Å². The monoisotopic (exact) mass is 449 g/mol. The summed E-state index contributed by atoms with van der Waals surface area (Å²) in [6, 6.07) is 0. The summed E-state index contributed by atoms with van der Waals surface area (Å²) in [6.07, 6.45) is 20.4. The number of nitrogens with zero attached hydrogens (tertiary/aromatic N) is 3. The fourth-order valence-corrected chi connectivity index (χ4v) is 6.65. The third-order valence-electron chi connectivity index (χ3n) is 8.44. The maximum atomic E-state index is 7.74. The number of hydrogen-bond acceptors (Lipinski definition) is 6. The van der Waals surface area contributed by atoms with Crippen molar-refractivity contribution in [1.82, 2.24) is 20.0 Å². The molecule has 0 radical (unpaired) electrons. The Balaban J connectivity index is 1.83. The summed E-state index contributed by atoms with van der Waals surface area (Å²) >= 11 is 0. The molecule has 0 aliphatic carbocycles. The van der Waals surface area contributed by atoms with Gasteiger partial charge in [0.1, 0.15) is 0 Å². The zero-order valence-electron chi connectivity index (χ0n) is 20.8. The molecule has 0 amide bonds. The molecule has 2 atom stereocenters. The molecule has 3 N–H and O–H groups in total. The third kappa shape index (κ3) is 5.52. The van der Waals surface area contributed by atoms with Gasteiger partial charge in [0.15, 0.2) is 5.79 Å². The summed E-state index contributed by atoms with van der Waals surface area (Å²) in [5, 5.41) is 3.98. The van der Waals surface area contributed by atoms with Crippen LogP contribution in [-0.2, 0) is 4.74 Å². The molecule has 4 rings (SSSR count). The largest absolute Gasteiger partial charge is 0.343 e. The molecule has 4 aliphatic heterocycles. The second-order valence-electron chi connectivity index (χ2n) is 10.8. The molecular formula is C26H51N5O. The Morgan fingerprint density at radius 2 is 0.906 bits per heavy atom. The van der Waals surface area contributed by atoms with Gasteiger partial charge in [-0.05, 0) is 57.9 Å². The van der Waals surface area contributed by atoms with Crippen LogP contribution in [0.3, 0.4) is 0 Å². The Morgan fingerprint density at radius 3 is 1.41 bits per heavy atom. The lowest BCUT2D eigenvalue weighted by Crippen LogP contribution is -2.87. The van der Waals surface area contributed by atoms with Crippen molar-refractivity contribution in [3.05, 3.63) is 0 Å². The topological polar surface area (TPSA) is 57.0 Å². The number of hydrogen-bond donors (Lipinski definition) is 2. The van der Waals surface area contributed by atoms with Crippen molar-refractivity contribution in [2.75, 3.05) is 52.4 Å². The normalized spacial score (nSPS) is 36.7. The van der Waals surface area contributed by atoms with E-state index in [0.717, 1.165) is 58.8 Å². The quantitative estimate of drug-likeness (QED) is 0.582. The van der Waals surface area contributed by atoms with Gasteiger partial charge in [-0.1, -0.05) is 51.4 Å². The standard InChI is InChI=1S/C26H51N5O/c27-25-26-30(20-12-4-3-11-19-29(25)18-10-2-1-9-17-28-25)21-13-5-6-14-22-31(26)23-15-7-8-16-24-32-26/h28H,1-24,27H2. The van der Waals surface area contributed by atoms with E-state index in [4.69, 9.17) is 10.5 Å². The van der Waals surface area contributed by atoms with Gasteiger partial charge in [-0.15, -0.1) is 0 Å². The summed E-state index contributed by atoms with van der Waals surface area (Å²) in [4.78, 5) is 8.05. The van der Waals surface area contributed by atoms with Gasteiger partial charge in [0.05, 0.1) is 6.61 Å². The van der Waals surface area contributed by atoms with Crippen molar-refractivity contribution >= 4 is 0 Å². The lowest BCUT2D eigenvalue weighted by atomic mass is 10.0. The van der Waals surface area contributed by atoms with E-state index in [1.165, 1.54) is 96.3 Å². The molecule has 32 heavy (non-hydrogen) atoms. The van der Waals surface area contributed by atoms with Crippen LogP contribution in [0.1, 0.15) is 103 Å². The highest BCUT2D eigenvalue weighted by atomic mass is 16.5. The molecule has 1 spiro atoms. The first-order chi connectivity index (χ1) is 15.8. The molecule has 4 saturated heterocycles. The van der Waals surface area contributed by atoms with Crippen molar-refractivity contribution in [2.24, 2.45) is 5.73 Å². The Bertz CT molecular complexity index is 544. The van der Waals surface area contributed by atoms with E-state index in [9.17, 15) is 0 Å². The summed E-state index contributed by atoms with van der Waals surface area (Å²) in [7, 11) is 0. The molecule has 6 heteroatoms. The van der Waals surface area contributed by atoms with Crippen molar-refractivity contribution in [3.63, 3.8) is 0 Å².